The predicted molar refractivity (Wildman–Crippen MR) is 70.2 cm³/mol. The van der Waals surface area contributed by atoms with E-state index >= 15 is 0 Å². The first-order valence-electron chi connectivity index (χ1n) is 6.08. The zero-order valence-corrected chi connectivity index (χ0v) is 11.0. The van der Waals surface area contributed by atoms with Crippen molar-refractivity contribution in [3.05, 3.63) is 35.6 Å². The Labute approximate surface area is 114 Å². The number of carbonyl (C=O) groups is 2. The normalized spacial score (nSPS) is 26.3. The highest BCUT2D eigenvalue weighted by Gasteiger charge is 2.52. The Morgan fingerprint density at radius 3 is 2.84 bits per heavy atom. The molecule has 4 nitrogen and oxygen atoms in total. The molecule has 2 heterocycles. The van der Waals surface area contributed by atoms with Crippen molar-refractivity contribution in [3.63, 3.8) is 0 Å². The van der Waals surface area contributed by atoms with Crippen LogP contribution in [0.4, 0.5) is 9.18 Å². The molecule has 100 valence electrons. The Hall–Kier alpha value is -1.56. The van der Waals surface area contributed by atoms with E-state index in [0.29, 0.717) is 17.7 Å². The van der Waals surface area contributed by atoms with Crippen LogP contribution in [0.1, 0.15) is 12.0 Å². The molecular formula is C13H13FN2O2S. The number of thioether (sulfide) groups is 1. The van der Waals surface area contributed by atoms with Crippen molar-refractivity contribution >= 4 is 23.7 Å². The minimum atomic E-state index is -0.757. The number of nitrogens with one attached hydrogen (secondary N) is 1. The third-order valence-electron chi connectivity index (χ3n) is 3.55. The first kappa shape index (κ1) is 12.5. The van der Waals surface area contributed by atoms with Gasteiger partial charge < -0.3 is 5.32 Å². The molecule has 6 heteroatoms. The van der Waals surface area contributed by atoms with Crippen molar-refractivity contribution < 1.29 is 14.0 Å². The zero-order valence-electron chi connectivity index (χ0n) is 10.2. The largest absolute Gasteiger partial charge is 0.325 e. The van der Waals surface area contributed by atoms with E-state index in [-0.39, 0.29) is 12.5 Å². The molecule has 1 aromatic rings. The summed E-state index contributed by atoms with van der Waals surface area (Å²) in [6.45, 7) is -0.0102. The fraction of sp³-hybridized carbons (Fsp3) is 0.385. The van der Waals surface area contributed by atoms with Crippen molar-refractivity contribution in [3.8, 4) is 0 Å². The molecule has 2 fully saturated rings. The van der Waals surface area contributed by atoms with Gasteiger partial charge in [0.25, 0.3) is 5.91 Å². The van der Waals surface area contributed by atoms with Gasteiger partial charge in [-0.2, -0.15) is 11.8 Å². The average molecular weight is 280 g/mol. The third kappa shape index (κ3) is 2.00. The number of amides is 3. The maximum Gasteiger partial charge on any atom is 0.325 e. The molecule has 1 aromatic carbocycles. The van der Waals surface area contributed by atoms with E-state index in [1.807, 2.05) is 0 Å². The first-order chi connectivity index (χ1) is 9.12. The summed E-state index contributed by atoms with van der Waals surface area (Å²) >= 11 is 1.65. The number of nitrogens with zero attached hydrogens (tertiary/aromatic N) is 1. The molecule has 2 saturated heterocycles. The smallest absolute Gasteiger partial charge is 0.322 e. The second-order valence-electron chi connectivity index (χ2n) is 4.80. The van der Waals surface area contributed by atoms with Crippen LogP contribution in [0.25, 0.3) is 0 Å². The van der Waals surface area contributed by atoms with Crippen LogP contribution in [0.3, 0.4) is 0 Å². The molecule has 0 saturated carbocycles. The van der Waals surface area contributed by atoms with E-state index < -0.39 is 17.4 Å². The maximum absolute atomic E-state index is 13.6. The monoisotopic (exact) mass is 280 g/mol. The summed E-state index contributed by atoms with van der Waals surface area (Å²) in [7, 11) is 0. The van der Waals surface area contributed by atoms with E-state index in [0.717, 1.165) is 10.7 Å². The number of urea groups is 1. The lowest BCUT2D eigenvalue weighted by Crippen LogP contribution is -2.46. The fourth-order valence-corrected chi connectivity index (χ4v) is 3.77. The van der Waals surface area contributed by atoms with Crippen molar-refractivity contribution in [2.24, 2.45) is 0 Å². The van der Waals surface area contributed by atoms with Crippen LogP contribution in [-0.2, 0) is 11.3 Å². The lowest BCUT2D eigenvalue weighted by molar-refractivity contribution is -0.130. The van der Waals surface area contributed by atoms with Gasteiger partial charge in [-0.1, -0.05) is 18.2 Å². The van der Waals surface area contributed by atoms with Gasteiger partial charge in [-0.15, -0.1) is 0 Å². The second-order valence-corrected chi connectivity index (χ2v) is 5.90. The van der Waals surface area contributed by atoms with Crippen LogP contribution in [0.2, 0.25) is 0 Å². The highest BCUT2D eigenvalue weighted by Crippen LogP contribution is 2.34. The van der Waals surface area contributed by atoms with Gasteiger partial charge in [0.15, 0.2) is 0 Å². The van der Waals surface area contributed by atoms with Gasteiger partial charge in [0, 0.05) is 11.3 Å². The summed E-state index contributed by atoms with van der Waals surface area (Å²) < 4.78 is 13.6. The average Bonchev–Trinajstić information content (AvgIpc) is 2.94. The Kier molecular flexibility index (Phi) is 2.97. The Morgan fingerprint density at radius 2 is 2.16 bits per heavy atom. The van der Waals surface area contributed by atoms with Crippen LogP contribution >= 0.6 is 11.8 Å². The summed E-state index contributed by atoms with van der Waals surface area (Å²) in [5.41, 5.74) is -0.402. The van der Waals surface area contributed by atoms with Crippen LogP contribution in [0.5, 0.6) is 0 Å². The number of hydrogen-bond donors (Lipinski definition) is 1. The lowest BCUT2D eigenvalue weighted by Gasteiger charge is -2.19. The zero-order chi connectivity index (χ0) is 13.5. The minimum Gasteiger partial charge on any atom is -0.322 e. The molecule has 1 unspecified atom stereocenters. The number of hydrogen-bond acceptors (Lipinski definition) is 3. The molecule has 19 heavy (non-hydrogen) atoms. The van der Waals surface area contributed by atoms with E-state index in [4.69, 9.17) is 0 Å². The highest BCUT2D eigenvalue weighted by molar-refractivity contribution is 7.99. The van der Waals surface area contributed by atoms with Gasteiger partial charge in [0.1, 0.15) is 11.4 Å². The minimum absolute atomic E-state index is 0.0102. The molecule has 2 aliphatic rings. The third-order valence-corrected chi connectivity index (χ3v) is 4.74. The van der Waals surface area contributed by atoms with Crippen molar-refractivity contribution in [1.29, 1.82) is 0 Å². The summed E-state index contributed by atoms with van der Waals surface area (Å²) in [6.07, 6.45) is 0.649. The number of rotatable bonds is 2. The van der Waals surface area contributed by atoms with Gasteiger partial charge in [0.05, 0.1) is 6.54 Å². The Morgan fingerprint density at radius 1 is 1.37 bits per heavy atom. The van der Waals surface area contributed by atoms with Gasteiger partial charge in [-0.3, -0.25) is 9.69 Å². The molecule has 0 aromatic heterocycles. The molecule has 1 atom stereocenters. The number of imide groups is 1. The molecule has 0 bridgehead atoms. The summed E-state index contributed by atoms with van der Waals surface area (Å²) in [5.74, 6) is 0.834. The number of halogens is 1. The lowest BCUT2D eigenvalue weighted by atomic mass is 9.99. The molecule has 2 aliphatic heterocycles. The van der Waals surface area contributed by atoms with Crippen molar-refractivity contribution in [1.82, 2.24) is 10.2 Å². The second kappa shape index (κ2) is 4.52. The summed E-state index contributed by atoms with van der Waals surface area (Å²) in [6, 6.07) is 5.77. The molecule has 0 radical (unpaired) electrons. The Balaban J connectivity index is 1.84. The van der Waals surface area contributed by atoms with Gasteiger partial charge in [-0.25, -0.2) is 9.18 Å². The van der Waals surface area contributed by atoms with Gasteiger partial charge in [-0.05, 0) is 18.2 Å². The standard InChI is InChI=1S/C13H13FN2O2S/c14-10-4-2-1-3-9(10)7-16-11(17)13(15-12(16)18)5-6-19-8-13/h1-4H,5-8H2,(H,15,18). The van der Waals surface area contributed by atoms with Crippen LogP contribution in [0.15, 0.2) is 24.3 Å². The highest BCUT2D eigenvalue weighted by atomic mass is 32.2. The van der Waals surface area contributed by atoms with E-state index in [9.17, 15) is 14.0 Å². The van der Waals surface area contributed by atoms with Crippen molar-refractivity contribution in [2.75, 3.05) is 11.5 Å². The first-order valence-corrected chi connectivity index (χ1v) is 7.23. The Bertz CT molecular complexity index is 543. The quantitative estimate of drug-likeness (QED) is 0.840. The topological polar surface area (TPSA) is 49.4 Å². The SMILES string of the molecule is O=C1NC2(CCSC2)C(=O)N1Cc1ccccc1F. The van der Waals surface area contributed by atoms with E-state index in [1.54, 1.807) is 30.0 Å². The van der Waals surface area contributed by atoms with Crippen LogP contribution in [0, 0.1) is 5.82 Å². The van der Waals surface area contributed by atoms with Gasteiger partial charge in [0.2, 0.25) is 0 Å². The van der Waals surface area contributed by atoms with Crippen LogP contribution < -0.4 is 5.32 Å². The van der Waals surface area contributed by atoms with Crippen LogP contribution in [-0.4, -0.2) is 33.9 Å². The maximum atomic E-state index is 13.6. The predicted octanol–water partition coefficient (Wildman–Crippen LogP) is 1.75. The van der Waals surface area contributed by atoms with E-state index in [1.165, 1.54) is 6.07 Å². The molecule has 3 rings (SSSR count). The summed E-state index contributed by atoms with van der Waals surface area (Å²) in [4.78, 5) is 25.4. The summed E-state index contributed by atoms with van der Waals surface area (Å²) in [5, 5.41) is 2.76. The molecule has 0 aliphatic carbocycles. The molecule has 3 amide bonds. The molecule has 1 spiro atoms. The molecular weight excluding hydrogens is 267 g/mol. The van der Waals surface area contributed by atoms with E-state index in [2.05, 4.69) is 5.32 Å². The molecule has 1 N–H and O–H groups in total. The van der Waals surface area contributed by atoms with Crippen molar-refractivity contribution in [2.45, 2.75) is 18.5 Å². The fourth-order valence-electron chi connectivity index (χ4n) is 2.45. The number of carbonyl (C=O) groups excluding carboxylic acids is 2. The number of benzene rings is 1. The van der Waals surface area contributed by atoms with Gasteiger partial charge >= 0.3 is 6.03 Å².